The van der Waals surface area contributed by atoms with Gasteiger partial charge in [-0.25, -0.2) is 9.38 Å². The molecule has 1 atom stereocenters. The molecule has 4 rings (SSSR count). The molecule has 0 saturated heterocycles. The maximum absolute atomic E-state index is 14.5. The van der Waals surface area contributed by atoms with E-state index in [0.29, 0.717) is 22.0 Å². The van der Waals surface area contributed by atoms with Crippen LogP contribution in [0.15, 0.2) is 77.8 Å². The number of carbonyl (C=O) groups excluding carboxylic acids is 2. The molecule has 0 bridgehead atoms. The van der Waals surface area contributed by atoms with Crippen LogP contribution in [0.3, 0.4) is 0 Å². The summed E-state index contributed by atoms with van der Waals surface area (Å²) in [6.45, 7) is 0. The van der Waals surface area contributed by atoms with Crippen LogP contribution in [0.4, 0.5) is 10.1 Å². The highest BCUT2D eigenvalue weighted by atomic mass is 35.5. The Labute approximate surface area is 177 Å². The van der Waals surface area contributed by atoms with Crippen LogP contribution in [0.2, 0.25) is 5.02 Å². The molecule has 1 heterocycles. The van der Waals surface area contributed by atoms with Crippen LogP contribution in [0.5, 0.6) is 0 Å². The molecule has 5 nitrogen and oxygen atoms in total. The maximum atomic E-state index is 14.5. The summed E-state index contributed by atoms with van der Waals surface area (Å²) in [5.41, 5.74) is 2.36. The van der Waals surface area contributed by atoms with Crippen molar-refractivity contribution in [3.8, 4) is 0 Å². The van der Waals surface area contributed by atoms with Gasteiger partial charge in [0, 0.05) is 16.1 Å². The second kappa shape index (κ2) is 8.47. The maximum Gasteiger partial charge on any atom is 0.269 e. The van der Waals surface area contributed by atoms with Crippen LogP contribution in [0.1, 0.15) is 16.7 Å². The molecule has 0 aliphatic carbocycles. The molecular formula is C23H17ClFN3O2. The van der Waals surface area contributed by atoms with E-state index in [-0.39, 0.29) is 17.9 Å². The summed E-state index contributed by atoms with van der Waals surface area (Å²) in [4.78, 5) is 29.7. The highest BCUT2D eigenvalue weighted by molar-refractivity contribution is 6.30. The van der Waals surface area contributed by atoms with E-state index < -0.39 is 17.9 Å². The Morgan fingerprint density at radius 1 is 1.00 bits per heavy atom. The third-order valence-electron chi connectivity index (χ3n) is 4.65. The van der Waals surface area contributed by atoms with Gasteiger partial charge >= 0.3 is 0 Å². The minimum atomic E-state index is -1.20. The van der Waals surface area contributed by atoms with E-state index in [1.54, 1.807) is 66.7 Å². The first-order valence-electron chi connectivity index (χ1n) is 9.28. The molecule has 1 unspecified atom stereocenters. The molecule has 7 heteroatoms. The topological polar surface area (TPSA) is 70.6 Å². The Morgan fingerprint density at radius 2 is 1.67 bits per heavy atom. The molecule has 1 aliphatic rings. The minimum absolute atomic E-state index is 0.0540. The van der Waals surface area contributed by atoms with Crippen LogP contribution < -0.4 is 10.6 Å². The van der Waals surface area contributed by atoms with Crippen molar-refractivity contribution in [3.63, 3.8) is 0 Å². The first-order valence-corrected chi connectivity index (χ1v) is 9.66. The number of rotatable bonds is 4. The van der Waals surface area contributed by atoms with E-state index in [2.05, 4.69) is 15.6 Å². The van der Waals surface area contributed by atoms with E-state index in [4.69, 9.17) is 11.6 Å². The third-order valence-corrected chi connectivity index (χ3v) is 4.90. The fourth-order valence-corrected chi connectivity index (χ4v) is 3.34. The molecule has 30 heavy (non-hydrogen) atoms. The summed E-state index contributed by atoms with van der Waals surface area (Å²) in [6, 6.07) is 20.0. The minimum Gasteiger partial charge on any atom is -0.326 e. The van der Waals surface area contributed by atoms with Gasteiger partial charge in [0.05, 0.1) is 17.8 Å². The Bertz CT molecular complexity index is 1150. The smallest absolute Gasteiger partial charge is 0.269 e. The molecule has 0 fully saturated rings. The average molecular weight is 422 g/mol. The van der Waals surface area contributed by atoms with Gasteiger partial charge in [-0.1, -0.05) is 54.1 Å². The Hall–Kier alpha value is -3.51. The van der Waals surface area contributed by atoms with E-state index >= 15 is 0 Å². The van der Waals surface area contributed by atoms with Gasteiger partial charge in [-0.15, -0.1) is 0 Å². The molecule has 0 spiro atoms. The largest absolute Gasteiger partial charge is 0.326 e. The lowest BCUT2D eigenvalue weighted by Crippen LogP contribution is -2.43. The Morgan fingerprint density at radius 3 is 2.40 bits per heavy atom. The summed E-state index contributed by atoms with van der Waals surface area (Å²) >= 11 is 5.87. The number of nitrogens with zero attached hydrogens (tertiary/aromatic N) is 1. The first kappa shape index (κ1) is 19.8. The number of nitrogens with one attached hydrogen (secondary N) is 2. The van der Waals surface area contributed by atoms with Crippen LogP contribution in [0.25, 0.3) is 0 Å². The number of hydrogen-bond acceptors (Lipinski definition) is 3. The number of anilines is 1. The van der Waals surface area contributed by atoms with Gasteiger partial charge in [0.25, 0.3) is 5.91 Å². The zero-order valence-corrected chi connectivity index (χ0v) is 16.5. The standard InChI is InChI=1S/C23H17ClFN3O2/c24-15-11-9-14(10-12-15)13-20(29)27-22-23(30)26-19-8-4-2-6-17(19)21(28-22)16-5-1-3-7-18(16)25/h1-12,22H,13H2,(H,26,30)(H,27,29). The molecule has 150 valence electrons. The van der Waals surface area contributed by atoms with Gasteiger partial charge in [-0.3, -0.25) is 9.59 Å². The third kappa shape index (κ3) is 4.23. The van der Waals surface area contributed by atoms with Crippen molar-refractivity contribution in [3.05, 3.63) is 100 Å². The van der Waals surface area contributed by atoms with Crippen molar-refractivity contribution in [2.24, 2.45) is 4.99 Å². The second-order valence-corrected chi connectivity index (χ2v) is 7.20. The highest BCUT2D eigenvalue weighted by Crippen LogP contribution is 2.25. The number of aliphatic imine (C=N–C) groups is 1. The fraction of sp³-hybridized carbons (Fsp3) is 0.0870. The summed E-state index contributed by atoms with van der Waals surface area (Å²) in [6.07, 6.45) is -1.15. The normalized spacial score (nSPS) is 15.5. The van der Waals surface area contributed by atoms with E-state index in [9.17, 15) is 14.0 Å². The summed E-state index contributed by atoms with van der Waals surface area (Å²) in [5, 5.41) is 5.96. The zero-order valence-electron chi connectivity index (χ0n) is 15.7. The van der Waals surface area contributed by atoms with Crippen LogP contribution in [-0.2, 0) is 16.0 Å². The number of carbonyl (C=O) groups is 2. The number of benzene rings is 3. The highest BCUT2D eigenvalue weighted by Gasteiger charge is 2.27. The van der Waals surface area contributed by atoms with Crippen molar-refractivity contribution in [2.75, 3.05) is 5.32 Å². The molecule has 0 aromatic heterocycles. The summed E-state index contributed by atoms with van der Waals surface area (Å²) in [7, 11) is 0. The van der Waals surface area contributed by atoms with Gasteiger partial charge in [-0.05, 0) is 35.9 Å². The van der Waals surface area contributed by atoms with Gasteiger partial charge in [-0.2, -0.15) is 0 Å². The van der Waals surface area contributed by atoms with E-state index in [0.717, 1.165) is 5.56 Å². The van der Waals surface area contributed by atoms with E-state index in [1.807, 2.05) is 0 Å². The van der Waals surface area contributed by atoms with Crippen molar-refractivity contribution < 1.29 is 14.0 Å². The number of para-hydroxylation sites is 1. The molecule has 3 aromatic rings. The average Bonchev–Trinajstić information content (AvgIpc) is 2.87. The number of benzodiazepines with no additional fused rings is 1. The molecular weight excluding hydrogens is 405 g/mol. The molecule has 3 aromatic carbocycles. The summed E-state index contributed by atoms with van der Waals surface area (Å²) < 4.78 is 14.5. The fourth-order valence-electron chi connectivity index (χ4n) is 3.21. The lowest BCUT2D eigenvalue weighted by Gasteiger charge is -2.13. The van der Waals surface area contributed by atoms with Crippen LogP contribution in [0, 0.1) is 5.82 Å². The predicted octanol–water partition coefficient (Wildman–Crippen LogP) is 3.95. The first-order chi connectivity index (χ1) is 14.5. The number of halogens is 2. The SMILES string of the molecule is O=C(Cc1ccc(Cl)cc1)NC1N=C(c2ccccc2F)c2ccccc2NC1=O. The lowest BCUT2D eigenvalue weighted by molar-refractivity contribution is -0.125. The molecule has 0 saturated carbocycles. The molecule has 2 amide bonds. The van der Waals surface area contributed by atoms with Crippen LogP contribution >= 0.6 is 11.6 Å². The van der Waals surface area contributed by atoms with E-state index in [1.165, 1.54) is 6.07 Å². The van der Waals surface area contributed by atoms with Crippen LogP contribution in [-0.4, -0.2) is 23.7 Å². The van der Waals surface area contributed by atoms with Gasteiger partial charge < -0.3 is 10.6 Å². The Kier molecular flexibility index (Phi) is 5.59. The quantitative estimate of drug-likeness (QED) is 0.669. The lowest BCUT2D eigenvalue weighted by atomic mass is 10.0. The molecule has 0 radical (unpaired) electrons. The number of fused-ring (bicyclic) bond motifs is 1. The van der Waals surface area contributed by atoms with Crippen molar-refractivity contribution >= 4 is 34.8 Å². The molecule has 2 N–H and O–H groups in total. The van der Waals surface area contributed by atoms with Crippen molar-refractivity contribution in [1.29, 1.82) is 0 Å². The summed E-state index contributed by atoms with van der Waals surface area (Å²) in [5.74, 6) is -1.36. The van der Waals surface area contributed by atoms with Gasteiger partial charge in [0.2, 0.25) is 12.1 Å². The predicted molar refractivity (Wildman–Crippen MR) is 114 cm³/mol. The van der Waals surface area contributed by atoms with Gasteiger partial charge in [0.1, 0.15) is 5.82 Å². The van der Waals surface area contributed by atoms with Crippen molar-refractivity contribution in [1.82, 2.24) is 5.32 Å². The molecule has 1 aliphatic heterocycles. The second-order valence-electron chi connectivity index (χ2n) is 6.77. The Balaban J connectivity index is 1.67. The monoisotopic (exact) mass is 421 g/mol. The zero-order chi connectivity index (χ0) is 21.1. The number of amides is 2. The van der Waals surface area contributed by atoms with Crippen molar-refractivity contribution in [2.45, 2.75) is 12.6 Å². The van der Waals surface area contributed by atoms with Gasteiger partial charge in [0.15, 0.2) is 0 Å². The number of hydrogen-bond donors (Lipinski definition) is 2.